The molecule has 0 aliphatic carbocycles. The summed E-state index contributed by atoms with van der Waals surface area (Å²) in [5.41, 5.74) is 1.33. The number of aryl methyl sites for hydroxylation is 1. The van der Waals surface area contributed by atoms with Gasteiger partial charge >= 0.3 is 0 Å². The molecule has 0 saturated carbocycles. The third-order valence-electron chi connectivity index (χ3n) is 4.95. The second-order valence-corrected chi connectivity index (χ2v) is 8.72. The molecule has 0 radical (unpaired) electrons. The number of benzene rings is 1. The molecule has 0 spiro atoms. The van der Waals surface area contributed by atoms with E-state index in [1.807, 2.05) is 37.7 Å². The Labute approximate surface area is 200 Å². The molecule has 1 saturated heterocycles. The zero-order valence-corrected chi connectivity index (χ0v) is 21.1. The second-order valence-electron chi connectivity index (χ2n) is 7.50. The summed E-state index contributed by atoms with van der Waals surface area (Å²) < 4.78 is 5.58. The summed E-state index contributed by atoms with van der Waals surface area (Å²) in [6, 6.07) is 12.3. The van der Waals surface area contributed by atoms with Crippen molar-refractivity contribution in [2.75, 3.05) is 42.6 Å². The van der Waals surface area contributed by atoms with Gasteiger partial charge in [-0.05, 0) is 50.6 Å². The number of aliphatic imine (C=N–C) groups is 1. The van der Waals surface area contributed by atoms with E-state index >= 15 is 0 Å². The van der Waals surface area contributed by atoms with Crippen LogP contribution in [-0.4, -0.2) is 48.8 Å². The van der Waals surface area contributed by atoms with Gasteiger partial charge in [0.1, 0.15) is 17.1 Å². The van der Waals surface area contributed by atoms with Crippen LogP contribution in [0.5, 0.6) is 0 Å². The van der Waals surface area contributed by atoms with Crippen molar-refractivity contribution in [3.05, 3.63) is 53.5 Å². The van der Waals surface area contributed by atoms with Crippen LogP contribution in [0.25, 0.3) is 0 Å². The van der Waals surface area contributed by atoms with E-state index < -0.39 is 5.60 Å². The number of nitrogens with one attached hydrogen (secondary N) is 2. The molecule has 1 aliphatic heterocycles. The SMILES string of the molecule is CCNC(=NCc1ccc(N2CCSCC2)cc1)NCC(C)(O)c1ccc(C)o1.I. The summed E-state index contributed by atoms with van der Waals surface area (Å²) in [4.78, 5) is 7.10. The molecule has 3 rings (SSSR count). The molecular formula is C22H33IN4O2S. The normalized spacial score (nSPS) is 16.5. The number of anilines is 1. The van der Waals surface area contributed by atoms with Crippen molar-refractivity contribution in [1.82, 2.24) is 10.6 Å². The van der Waals surface area contributed by atoms with Crippen LogP contribution in [0.4, 0.5) is 5.69 Å². The maximum atomic E-state index is 10.7. The third kappa shape index (κ3) is 7.09. The first-order valence-electron chi connectivity index (χ1n) is 10.2. The van der Waals surface area contributed by atoms with E-state index in [2.05, 4.69) is 44.8 Å². The highest BCUT2D eigenvalue weighted by molar-refractivity contribution is 14.0. The largest absolute Gasteiger partial charge is 0.463 e. The molecule has 2 heterocycles. The van der Waals surface area contributed by atoms with Gasteiger partial charge in [0.2, 0.25) is 0 Å². The molecule has 6 nitrogen and oxygen atoms in total. The van der Waals surface area contributed by atoms with Crippen molar-refractivity contribution >= 4 is 47.4 Å². The molecule has 3 N–H and O–H groups in total. The molecule has 2 aromatic rings. The number of hydrogen-bond donors (Lipinski definition) is 3. The van der Waals surface area contributed by atoms with Crippen LogP contribution in [0, 0.1) is 6.92 Å². The lowest BCUT2D eigenvalue weighted by molar-refractivity contribution is 0.0378. The summed E-state index contributed by atoms with van der Waals surface area (Å²) in [5, 5.41) is 17.2. The first-order chi connectivity index (χ1) is 14.0. The van der Waals surface area contributed by atoms with E-state index in [0.29, 0.717) is 24.8 Å². The summed E-state index contributed by atoms with van der Waals surface area (Å²) >= 11 is 2.02. The molecule has 30 heavy (non-hydrogen) atoms. The summed E-state index contributed by atoms with van der Waals surface area (Å²) in [5.74, 6) is 4.40. The predicted molar refractivity (Wildman–Crippen MR) is 137 cm³/mol. The Morgan fingerprint density at radius 3 is 2.47 bits per heavy atom. The lowest BCUT2D eigenvalue weighted by atomic mass is 10.0. The Morgan fingerprint density at radius 1 is 1.17 bits per heavy atom. The number of thioether (sulfide) groups is 1. The molecule has 0 bridgehead atoms. The van der Waals surface area contributed by atoms with Gasteiger partial charge in [-0.3, -0.25) is 0 Å². The Balaban J connectivity index is 0.00000320. The highest BCUT2D eigenvalue weighted by Gasteiger charge is 2.27. The van der Waals surface area contributed by atoms with Crippen molar-refractivity contribution in [2.24, 2.45) is 4.99 Å². The van der Waals surface area contributed by atoms with Crippen LogP contribution in [0.1, 0.15) is 30.9 Å². The van der Waals surface area contributed by atoms with E-state index in [4.69, 9.17) is 4.42 Å². The van der Waals surface area contributed by atoms with Crippen LogP contribution in [0.2, 0.25) is 0 Å². The first-order valence-corrected chi connectivity index (χ1v) is 11.4. The molecule has 0 amide bonds. The molecule has 1 atom stereocenters. The Bertz CT molecular complexity index is 802. The minimum absolute atomic E-state index is 0. The molecular weight excluding hydrogens is 511 g/mol. The van der Waals surface area contributed by atoms with Crippen LogP contribution in [0.3, 0.4) is 0 Å². The van der Waals surface area contributed by atoms with Gasteiger partial charge in [-0.1, -0.05) is 12.1 Å². The zero-order chi connectivity index (χ0) is 20.7. The van der Waals surface area contributed by atoms with Crippen LogP contribution >= 0.6 is 35.7 Å². The van der Waals surface area contributed by atoms with E-state index in [1.54, 1.807) is 6.92 Å². The monoisotopic (exact) mass is 544 g/mol. The quantitative estimate of drug-likeness (QED) is 0.281. The van der Waals surface area contributed by atoms with E-state index in [1.165, 1.54) is 17.2 Å². The lowest BCUT2D eigenvalue weighted by Crippen LogP contribution is -2.44. The van der Waals surface area contributed by atoms with Crippen LogP contribution < -0.4 is 15.5 Å². The molecule has 1 aliphatic rings. The fourth-order valence-electron chi connectivity index (χ4n) is 3.21. The molecule has 1 unspecified atom stereocenters. The predicted octanol–water partition coefficient (Wildman–Crippen LogP) is 3.72. The van der Waals surface area contributed by atoms with E-state index in [-0.39, 0.29) is 24.0 Å². The highest BCUT2D eigenvalue weighted by Crippen LogP contribution is 2.22. The van der Waals surface area contributed by atoms with Gasteiger partial charge in [-0.25, -0.2) is 4.99 Å². The van der Waals surface area contributed by atoms with Gasteiger partial charge in [0.05, 0.1) is 13.1 Å². The van der Waals surface area contributed by atoms with Crippen molar-refractivity contribution in [3.63, 3.8) is 0 Å². The maximum absolute atomic E-state index is 10.7. The van der Waals surface area contributed by atoms with Crippen LogP contribution in [0.15, 0.2) is 45.8 Å². The molecule has 8 heteroatoms. The van der Waals surface area contributed by atoms with Crippen molar-refractivity contribution < 1.29 is 9.52 Å². The van der Waals surface area contributed by atoms with Gasteiger partial charge in [-0.15, -0.1) is 24.0 Å². The number of hydrogen-bond acceptors (Lipinski definition) is 5. The van der Waals surface area contributed by atoms with Gasteiger partial charge in [0, 0.05) is 36.8 Å². The zero-order valence-electron chi connectivity index (χ0n) is 18.0. The number of nitrogens with zero attached hydrogens (tertiary/aromatic N) is 2. The molecule has 1 aromatic carbocycles. The van der Waals surface area contributed by atoms with Crippen LogP contribution in [-0.2, 0) is 12.1 Å². The number of halogens is 1. The first kappa shape index (κ1) is 24.9. The smallest absolute Gasteiger partial charge is 0.191 e. The van der Waals surface area contributed by atoms with Gasteiger partial charge < -0.3 is 25.1 Å². The Hall–Kier alpha value is -1.39. The topological polar surface area (TPSA) is 73.0 Å². The maximum Gasteiger partial charge on any atom is 0.191 e. The van der Waals surface area contributed by atoms with Gasteiger partial charge in [-0.2, -0.15) is 11.8 Å². The number of aliphatic hydroxyl groups is 1. The summed E-state index contributed by atoms with van der Waals surface area (Å²) in [6.45, 7) is 9.49. The number of furan rings is 1. The molecule has 1 aromatic heterocycles. The minimum Gasteiger partial charge on any atom is -0.463 e. The van der Waals surface area contributed by atoms with Crippen molar-refractivity contribution in [3.8, 4) is 0 Å². The molecule has 1 fully saturated rings. The van der Waals surface area contributed by atoms with E-state index in [0.717, 1.165) is 31.0 Å². The average molecular weight is 545 g/mol. The second kappa shape index (κ2) is 11.9. The van der Waals surface area contributed by atoms with Crippen molar-refractivity contribution in [1.29, 1.82) is 0 Å². The van der Waals surface area contributed by atoms with Crippen molar-refractivity contribution in [2.45, 2.75) is 32.9 Å². The Morgan fingerprint density at radius 2 is 1.87 bits per heavy atom. The Kier molecular flexibility index (Phi) is 9.83. The fourth-order valence-corrected chi connectivity index (χ4v) is 4.12. The highest BCUT2D eigenvalue weighted by atomic mass is 127. The summed E-state index contributed by atoms with van der Waals surface area (Å²) in [7, 11) is 0. The lowest BCUT2D eigenvalue weighted by Gasteiger charge is -2.28. The third-order valence-corrected chi connectivity index (χ3v) is 5.89. The summed E-state index contributed by atoms with van der Waals surface area (Å²) in [6.07, 6.45) is 0. The fraction of sp³-hybridized carbons (Fsp3) is 0.500. The standard InChI is InChI=1S/C22H32N4O2S.HI/c1-4-23-21(25-16-22(3,27)20-10-5-17(2)28-20)24-15-18-6-8-19(9-7-18)26-11-13-29-14-12-26;/h5-10,27H,4,11-16H2,1-3H3,(H2,23,24,25);1H. The molecule has 166 valence electrons. The minimum atomic E-state index is -1.11. The number of guanidine groups is 1. The van der Waals surface area contributed by atoms with Gasteiger partial charge in [0.25, 0.3) is 0 Å². The average Bonchev–Trinajstić information content (AvgIpc) is 3.18. The van der Waals surface area contributed by atoms with Gasteiger partial charge in [0.15, 0.2) is 5.96 Å². The number of rotatable bonds is 7. The van der Waals surface area contributed by atoms with E-state index in [9.17, 15) is 5.11 Å².